The summed E-state index contributed by atoms with van der Waals surface area (Å²) in [5.74, 6) is 0.238. The van der Waals surface area contributed by atoms with E-state index in [0.717, 1.165) is 16.7 Å². The number of sulfonamides is 1. The summed E-state index contributed by atoms with van der Waals surface area (Å²) < 4.78 is 26.8. The van der Waals surface area contributed by atoms with Crippen molar-refractivity contribution < 1.29 is 8.42 Å². The second kappa shape index (κ2) is 8.69. The monoisotopic (exact) mass is 338 g/mol. The number of nitrogens with two attached hydrogens (primary N) is 1. The van der Waals surface area contributed by atoms with Crippen LogP contribution in [0.3, 0.4) is 0 Å². The number of hydrogen-bond donors (Lipinski definition) is 3. The Balaban J connectivity index is 2.82. The average Bonchev–Trinajstić information content (AvgIpc) is 2.42. The maximum atomic E-state index is 12.1. The molecule has 0 fully saturated rings. The van der Waals surface area contributed by atoms with Crippen LogP contribution in [0.15, 0.2) is 41.4 Å². The van der Waals surface area contributed by atoms with Gasteiger partial charge in [0, 0.05) is 12.6 Å². The van der Waals surface area contributed by atoms with E-state index in [-0.39, 0.29) is 11.8 Å². The minimum atomic E-state index is -3.37. The lowest BCUT2D eigenvalue weighted by molar-refractivity contribution is 0.569. The first-order valence-electron chi connectivity index (χ1n) is 7.44. The summed E-state index contributed by atoms with van der Waals surface area (Å²) in [6.07, 6.45) is 0. The molecule has 6 nitrogen and oxygen atoms in total. The molecule has 0 unspecified atom stereocenters. The minimum Gasteiger partial charge on any atom is -0.370 e. The van der Waals surface area contributed by atoms with Gasteiger partial charge in [0.25, 0.3) is 0 Å². The van der Waals surface area contributed by atoms with E-state index in [1.807, 2.05) is 25.1 Å². The smallest absolute Gasteiger partial charge is 0.216 e. The van der Waals surface area contributed by atoms with Gasteiger partial charge < -0.3 is 11.1 Å². The van der Waals surface area contributed by atoms with Gasteiger partial charge >= 0.3 is 0 Å². The van der Waals surface area contributed by atoms with Gasteiger partial charge in [-0.3, -0.25) is 0 Å². The van der Waals surface area contributed by atoms with Crippen LogP contribution >= 0.6 is 0 Å². The van der Waals surface area contributed by atoms with Crippen molar-refractivity contribution in [2.45, 2.75) is 39.1 Å². The van der Waals surface area contributed by atoms with Crippen molar-refractivity contribution in [3.05, 3.63) is 47.5 Å². The molecule has 0 saturated heterocycles. The topological polar surface area (TPSA) is 96.6 Å². The number of hydrogen-bond acceptors (Lipinski definition) is 3. The molecule has 0 bridgehead atoms. The lowest BCUT2D eigenvalue weighted by Crippen LogP contribution is -2.33. The standard InChI is InChI=1S/C16H26N4O2S/c1-12(2)9-18-16(17)19-10-14-7-5-6-8-15(14)11-23(21,22)20-13(3)4/h5-8,13,20H,1,9-11H2,2-4H3,(H3,17,18,19). The molecule has 23 heavy (non-hydrogen) atoms. The Morgan fingerprint density at radius 2 is 1.91 bits per heavy atom. The van der Waals surface area contributed by atoms with E-state index in [1.54, 1.807) is 19.9 Å². The first kappa shape index (κ1) is 19.2. The van der Waals surface area contributed by atoms with Crippen LogP contribution in [0.4, 0.5) is 0 Å². The highest BCUT2D eigenvalue weighted by Gasteiger charge is 2.15. The van der Waals surface area contributed by atoms with Gasteiger partial charge in [-0.1, -0.05) is 36.4 Å². The van der Waals surface area contributed by atoms with Crippen molar-refractivity contribution in [3.8, 4) is 0 Å². The molecule has 0 amide bonds. The van der Waals surface area contributed by atoms with Gasteiger partial charge in [0.05, 0.1) is 12.3 Å². The zero-order chi connectivity index (χ0) is 17.5. The Morgan fingerprint density at radius 3 is 2.48 bits per heavy atom. The van der Waals surface area contributed by atoms with Crippen LogP contribution in [-0.2, 0) is 22.3 Å². The minimum absolute atomic E-state index is 0.0734. The fraction of sp³-hybridized carbons (Fsp3) is 0.438. The molecule has 1 rings (SSSR count). The predicted octanol–water partition coefficient (Wildman–Crippen LogP) is 1.49. The van der Waals surface area contributed by atoms with E-state index in [1.165, 1.54) is 0 Å². The van der Waals surface area contributed by atoms with E-state index in [4.69, 9.17) is 5.73 Å². The average molecular weight is 338 g/mol. The zero-order valence-corrected chi connectivity index (χ0v) is 14.8. The summed E-state index contributed by atoms with van der Waals surface area (Å²) >= 11 is 0. The van der Waals surface area contributed by atoms with Crippen molar-refractivity contribution >= 4 is 16.0 Å². The Labute approximate surface area is 138 Å². The molecular formula is C16H26N4O2S. The zero-order valence-electron chi connectivity index (χ0n) is 14.0. The molecule has 0 heterocycles. The van der Waals surface area contributed by atoms with Crippen molar-refractivity contribution in [1.29, 1.82) is 0 Å². The fourth-order valence-electron chi connectivity index (χ4n) is 1.93. The van der Waals surface area contributed by atoms with Crippen LogP contribution in [0.25, 0.3) is 0 Å². The van der Waals surface area contributed by atoms with E-state index < -0.39 is 10.0 Å². The van der Waals surface area contributed by atoms with Crippen LogP contribution in [0.1, 0.15) is 31.9 Å². The second-order valence-corrected chi connectivity index (χ2v) is 7.57. The summed E-state index contributed by atoms with van der Waals surface area (Å²) in [7, 11) is -3.37. The highest BCUT2D eigenvalue weighted by atomic mass is 32.2. The molecule has 0 radical (unpaired) electrons. The number of benzene rings is 1. The third-order valence-corrected chi connectivity index (χ3v) is 4.39. The van der Waals surface area contributed by atoms with Gasteiger partial charge in [-0.25, -0.2) is 18.1 Å². The van der Waals surface area contributed by atoms with E-state index in [0.29, 0.717) is 19.0 Å². The number of nitrogens with zero attached hydrogens (tertiary/aromatic N) is 1. The molecule has 4 N–H and O–H groups in total. The molecule has 128 valence electrons. The lowest BCUT2D eigenvalue weighted by atomic mass is 10.1. The molecule has 0 atom stereocenters. The van der Waals surface area contributed by atoms with Crippen LogP contribution in [0.2, 0.25) is 0 Å². The molecule has 1 aromatic rings. The lowest BCUT2D eigenvalue weighted by Gasteiger charge is -2.12. The quantitative estimate of drug-likeness (QED) is 0.380. The first-order valence-corrected chi connectivity index (χ1v) is 9.10. The van der Waals surface area contributed by atoms with Crippen LogP contribution in [0.5, 0.6) is 0 Å². The SMILES string of the molecule is C=C(C)CNC(N)=NCc1ccccc1CS(=O)(=O)NC(C)C. The molecule has 0 aliphatic heterocycles. The highest BCUT2D eigenvalue weighted by molar-refractivity contribution is 7.88. The third kappa shape index (κ3) is 7.80. The number of guanidine groups is 1. The van der Waals surface area contributed by atoms with Gasteiger partial charge in [-0.05, 0) is 31.9 Å². The third-order valence-electron chi connectivity index (χ3n) is 2.87. The van der Waals surface area contributed by atoms with E-state index >= 15 is 0 Å². The van der Waals surface area contributed by atoms with Gasteiger partial charge in [0.1, 0.15) is 0 Å². The number of nitrogens with one attached hydrogen (secondary N) is 2. The first-order chi connectivity index (χ1) is 10.7. The van der Waals surface area contributed by atoms with Crippen molar-refractivity contribution in [2.75, 3.05) is 6.54 Å². The Kier molecular flexibility index (Phi) is 7.25. The number of aliphatic imine (C=N–C) groups is 1. The summed E-state index contributed by atoms with van der Waals surface area (Å²) in [6.45, 7) is 10.1. The normalized spacial score (nSPS) is 12.4. The maximum absolute atomic E-state index is 12.1. The largest absolute Gasteiger partial charge is 0.370 e. The van der Waals surface area contributed by atoms with Crippen molar-refractivity contribution in [1.82, 2.24) is 10.0 Å². The van der Waals surface area contributed by atoms with Gasteiger partial charge in [-0.2, -0.15) is 0 Å². The predicted molar refractivity (Wildman–Crippen MR) is 95.5 cm³/mol. The van der Waals surface area contributed by atoms with E-state index in [2.05, 4.69) is 21.6 Å². The van der Waals surface area contributed by atoms with E-state index in [9.17, 15) is 8.42 Å². The van der Waals surface area contributed by atoms with Crippen molar-refractivity contribution in [3.63, 3.8) is 0 Å². The van der Waals surface area contributed by atoms with Crippen LogP contribution in [0, 0.1) is 0 Å². The summed E-state index contributed by atoms with van der Waals surface area (Å²) in [5.41, 5.74) is 8.29. The molecule has 0 aliphatic carbocycles. The molecule has 0 saturated carbocycles. The highest BCUT2D eigenvalue weighted by Crippen LogP contribution is 2.13. The van der Waals surface area contributed by atoms with Crippen LogP contribution < -0.4 is 15.8 Å². The summed E-state index contributed by atoms with van der Waals surface area (Å²) in [4.78, 5) is 4.24. The second-order valence-electron chi connectivity index (χ2n) is 5.81. The molecule has 0 aromatic heterocycles. The van der Waals surface area contributed by atoms with Crippen molar-refractivity contribution in [2.24, 2.45) is 10.7 Å². The molecule has 0 aliphatic rings. The molecule has 7 heteroatoms. The molecule has 1 aromatic carbocycles. The molecular weight excluding hydrogens is 312 g/mol. The molecule has 0 spiro atoms. The van der Waals surface area contributed by atoms with Gasteiger partial charge in [-0.15, -0.1) is 0 Å². The Morgan fingerprint density at radius 1 is 1.30 bits per heavy atom. The van der Waals surface area contributed by atoms with Gasteiger partial charge in [0.2, 0.25) is 10.0 Å². The summed E-state index contributed by atoms with van der Waals surface area (Å²) in [5, 5.41) is 2.94. The van der Waals surface area contributed by atoms with Crippen LogP contribution in [-0.4, -0.2) is 27.0 Å². The Hall–Kier alpha value is -1.86. The fourth-order valence-corrected chi connectivity index (χ4v) is 3.42. The summed E-state index contributed by atoms with van der Waals surface area (Å²) in [6, 6.07) is 7.19. The maximum Gasteiger partial charge on any atom is 0.216 e. The van der Waals surface area contributed by atoms with Gasteiger partial charge in [0.15, 0.2) is 5.96 Å². The Bertz CT molecular complexity index is 666. The number of rotatable bonds is 8.